The maximum atomic E-state index is 4.17. The van der Waals surface area contributed by atoms with Gasteiger partial charge >= 0.3 is 0 Å². The average molecular weight is 197 g/mol. The Hall–Kier alpha value is -1.44. The topological polar surface area (TPSA) is 15.8 Å². The number of rotatable bonds is 2. The number of aromatic nitrogens is 1. The van der Waals surface area contributed by atoms with E-state index in [9.17, 15) is 0 Å². The van der Waals surface area contributed by atoms with Gasteiger partial charge in [0.15, 0.2) is 0 Å². The summed E-state index contributed by atoms with van der Waals surface area (Å²) in [6.07, 6.45) is 2.07. The van der Waals surface area contributed by atoms with Crippen LogP contribution in [0.25, 0.3) is 16.5 Å². The Morgan fingerprint density at radius 2 is 2.13 bits per heavy atom. The molecule has 1 N–H and O–H groups in total. The first-order chi connectivity index (χ1) is 7.11. The van der Waals surface area contributed by atoms with E-state index < -0.39 is 0 Å². The minimum absolute atomic E-state index is 0.489. The molecule has 2 aromatic rings. The number of hydrogen-bond acceptors (Lipinski definition) is 0. The van der Waals surface area contributed by atoms with Gasteiger partial charge in [0.2, 0.25) is 0 Å². The number of allylic oxidation sites excluding steroid dienone is 1. The minimum atomic E-state index is 0.489. The SMILES string of the molecule is Bc1cccc2[nH]cc(C(=C)C(C)C)c12. The molecule has 0 saturated carbocycles. The van der Waals surface area contributed by atoms with E-state index in [0.29, 0.717) is 5.92 Å². The van der Waals surface area contributed by atoms with Gasteiger partial charge in [-0.2, -0.15) is 0 Å². The van der Waals surface area contributed by atoms with E-state index in [-0.39, 0.29) is 0 Å². The summed E-state index contributed by atoms with van der Waals surface area (Å²) in [6.45, 7) is 8.53. The monoisotopic (exact) mass is 197 g/mol. The molecule has 0 aliphatic heterocycles. The van der Waals surface area contributed by atoms with Crippen LogP contribution in [0.4, 0.5) is 0 Å². The second-order valence-corrected chi connectivity index (χ2v) is 4.38. The van der Waals surface area contributed by atoms with Crippen LogP contribution in [0.3, 0.4) is 0 Å². The second-order valence-electron chi connectivity index (χ2n) is 4.38. The molecule has 76 valence electrons. The summed E-state index contributed by atoms with van der Waals surface area (Å²) in [5.41, 5.74) is 4.98. The highest BCUT2D eigenvalue weighted by atomic mass is 14.7. The molecule has 2 rings (SSSR count). The quantitative estimate of drug-likeness (QED) is 0.709. The van der Waals surface area contributed by atoms with Crippen LogP contribution >= 0.6 is 0 Å². The van der Waals surface area contributed by atoms with Crippen molar-refractivity contribution in [2.75, 3.05) is 0 Å². The van der Waals surface area contributed by atoms with Crippen molar-refractivity contribution in [3.05, 3.63) is 36.5 Å². The number of fused-ring (bicyclic) bond motifs is 1. The van der Waals surface area contributed by atoms with Crippen molar-refractivity contribution in [1.29, 1.82) is 0 Å². The fraction of sp³-hybridized carbons (Fsp3) is 0.231. The Morgan fingerprint density at radius 1 is 1.40 bits per heavy atom. The van der Waals surface area contributed by atoms with E-state index in [1.807, 2.05) is 0 Å². The second kappa shape index (κ2) is 3.61. The van der Waals surface area contributed by atoms with Crippen molar-refractivity contribution in [3.8, 4) is 0 Å². The van der Waals surface area contributed by atoms with Gasteiger partial charge in [0.1, 0.15) is 7.85 Å². The lowest BCUT2D eigenvalue weighted by molar-refractivity contribution is 0.859. The lowest BCUT2D eigenvalue weighted by Gasteiger charge is -2.09. The molecular formula is C13H16BN. The third kappa shape index (κ3) is 1.60. The average Bonchev–Trinajstić information content (AvgIpc) is 2.61. The molecule has 0 aliphatic rings. The Morgan fingerprint density at radius 3 is 2.80 bits per heavy atom. The molecule has 1 aromatic carbocycles. The van der Waals surface area contributed by atoms with Crippen LogP contribution in [0.2, 0.25) is 0 Å². The lowest BCUT2D eigenvalue weighted by Crippen LogP contribution is -2.04. The summed E-state index contributed by atoms with van der Waals surface area (Å²) in [4.78, 5) is 3.30. The molecule has 0 aliphatic carbocycles. The zero-order valence-electron chi connectivity index (χ0n) is 9.59. The third-order valence-corrected chi connectivity index (χ3v) is 2.96. The molecule has 0 unspecified atom stereocenters. The highest BCUT2D eigenvalue weighted by molar-refractivity contribution is 6.39. The molecule has 1 nitrogen and oxygen atoms in total. The summed E-state index contributed by atoms with van der Waals surface area (Å²) >= 11 is 0. The zero-order chi connectivity index (χ0) is 11.0. The summed E-state index contributed by atoms with van der Waals surface area (Å²) in [5, 5.41) is 1.32. The minimum Gasteiger partial charge on any atom is -0.361 e. The molecule has 0 atom stereocenters. The van der Waals surface area contributed by atoms with Crippen LogP contribution in [-0.4, -0.2) is 12.8 Å². The Bertz CT molecular complexity index is 508. The van der Waals surface area contributed by atoms with Gasteiger partial charge in [-0.3, -0.25) is 0 Å². The van der Waals surface area contributed by atoms with Crippen LogP contribution in [0, 0.1) is 5.92 Å². The van der Waals surface area contributed by atoms with E-state index in [2.05, 4.69) is 57.7 Å². The summed E-state index contributed by atoms with van der Waals surface area (Å²) in [5.74, 6) is 0.489. The number of nitrogens with one attached hydrogen (secondary N) is 1. The van der Waals surface area contributed by atoms with Gasteiger partial charge in [-0.05, 0) is 17.6 Å². The molecule has 0 saturated heterocycles. The molecule has 15 heavy (non-hydrogen) atoms. The first kappa shape index (κ1) is 10.1. The third-order valence-electron chi connectivity index (χ3n) is 2.96. The Labute approximate surface area is 91.6 Å². The molecule has 1 heterocycles. The van der Waals surface area contributed by atoms with Crippen molar-refractivity contribution in [2.24, 2.45) is 5.92 Å². The number of aromatic amines is 1. The van der Waals surface area contributed by atoms with Crippen molar-refractivity contribution in [2.45, 2.75) is 13.8 Å². The molecule has 0 spiro atoms. The van der Waals surface area contributed by atoms with Gasteiger partial charge in [-0.25, -0.2) is 0 Å². The molecule has 0 amide bonds. The van der Waals surface area contributed by atoms with E-state index >= 15 is 0 Å². The van der Waals surface area contributed by atoms with Crippen LogP contribution < -0.4 is 5.46 Å². The smallest absolute Gasteiger partial charge is 0.140 e. The van der Waals surface area contributed by atoms with E-state index in [1.165, 1.54) is 27.5 Å². The van der Waals surface area contributed by atoms with Gasteiger partial charge in [0, 0.05) is 22.7 Å². The predicted molar refractivity (Wildman–Crippen MR) is 70.3 cm³/mol. The summed E-state index contributed by atoms with van der Waals surface area (Å²) in [6, 6.07) is 6.34. The van der Waals surface area contributed by atoms with Gasteiger partial charge in [0.25, 0.3) is 0 Å². The van der Waals surface area contributed by atoms with E-state index in [1.54, 1.807) is 0 Å². The first-order valence-corrected chi connectivity index (χ1v) is 5.37. The van der Waals surface area contributed by atoms with Crippen molar-refractivity contribution >= 4 is 29.8 Å². The fourth-order valence-electron chi connectivity index (χ4n) is 1.93. The molecule has 0 bridgehead atoms. The lowest BCUT2D eigenvalue weighted by atomic mass is 9.87. The molecule has 0 fully saturated rings. The van der Waals surface area contributed by atoms with E-state index in [4.69, 9.17) is 0 Å². The highest BCUT2D eigenvalue weighted by Crippen LogP contribution is 2.26. The van der Waals surface area contributed by atoms with Crippen molar-refractivity contribution in [1.82, 2.24) is 4.98 Å². The highest BCUT2D eigenvalue weighted by Gasteiger charge is 2.10. The summed E-state index contributed by atoms with van der Waals surface area (Å²) in [7, 11) is 2.15. The van der Waals surface area contributed by atoms with Crippen LogP contribution in [0.5, 0.6) is 0 Å². The fourth-order valence-corrected chi connectivity index (χ4v) is 1.93. The molecule has 0 radical (unpaired) electrons. The van der Waals surface area contributed by atoms with E-state index in [0.717, 1.165) is 0 Å². The first-order valence-electron chi connectivity index (χ1n) is 5.37. The molecular weight excluding hydrogens is 181 g/mol. The number of hydrogen-bond donors (Lipinski definition) is 1. The van der Waals surface area contributed by atoms with Crippen molar-refractivity contribution < 1.29 is 0 Å². The molecule has 1 aromatic heterocycles. The standard InChI is InChI=1S/C13H16BN/c1-8(2)9(3)10-7-15-12-6-4-5-11(14)13(10)12/h4-8,15H,3,14H2,1-2H3. The van der Waals surface area contributed by atoms with Gasteiger partial charge in [-0.15, -0.1) is 0 Å². The number of benzene rings is 1. The van der Waals surface area contributed by atoms with Gasteiger partial charge in [-0.1, -0.05) is 38.0 Å². The van der Waals surface area contributed by atoms with Gasteiger partial charge < -0.3 is 4.98 Å². The zero-order valence-corrected chi connectivity index (χ0v) is 9.59. The maximum Gasteiger partial charge on any atom is 0.140 e. The molecule has 2 heteroatoms. The predicted octanol–water partition coefficient (Wildman–Crippen LogP) is 2.10. The normalized spacial score (nSPS) is 11.1. The van der Waals surface area contributed by atoms with Crippen LogP contribution in [-0.2, 0) is 0 Å². The summed E-state index contributed by atoms with van der Waals surface area (Å²) < 4.78 is 0. The van der Waals surface area contributed by atoms with Crippen molar-refractivity contribution in [3.63, 3.8) is 0 Å². The number of H-pyrrole nitrogens is 1. The largest absolute Gasteiger partial charge is 0.361 e. The van der Waals surface area contributed by atoms with Crippen LogP contribution in [0.15, 0.2) is 31.0 Å². The Kier molecular flexibility index (Phi) is 2.43. The Balaban J connectivity index is 2.67. The van der Waals surface area contributed by atoms with Gasteiger partial charge in [0.05, 0.1) is 0 Å². The maximum absolute atomic E-state index is 4.17. The van der Waals surface area contributed by atoms with Crippen LogP contribution in [0.1, 0.15) is 19.4 Å².